The van der Waals surface area contributed by atoms with Crippen molar-refractivity contribution >= 4 is 0 Å². The second kappa shape index (κ2) is 4.71. The fraction of sp³-hybridized carbons (Fsp3) is 0.294. The average molecular weight is 254 g/mol. The lowest BCUT2D eigenvalue weighted by molar-refractivity contribution is 0.383. The monoisotopic (exact) mass is 254 g/mol. The Hall–Kier alpha value is -1.80. The highest BCUT2D eigenvalue weighted by atomic mass is 16.6. The number of epoxide rings is 1. The average Bonchev–Trinajstić information content (AvgIpc) is 3.11. The molecule has 0 N–H and O–H groups in total. The van der Waals surface area contributed by atoms with Crippen molar-refractivity contribution in [3.8, 4) is 11.5 Å². The number of hydrogen-bond acceptors (Lipinski definition) is 2. The highest BCUT2D eigenvalue weighted by Crippen LogP contribution is 2.38. The summed E-state index contributed by atoms with van der Waals surface area (Å²) in [5.74, 6) is 1.78. The second-order valence-corrected chi connectivity index (χ2v) is 5.20. The molecule has 2 atom stereocenters. The van der Waals surface area contributed by atoms with Crippen molar-refractivity contribution in [1.29, 1.82) is 0 Å². The molecule has 1 aliphatic heterocycles. The smallest absolute Gasteiger partial charge is 0.130 e. The van der Waals surface area contributed by atoms with Crippen LogP contribution in [0.2, 0.25) is 0 Å². The molecule has 1 saturated heterocycles. The lowest BCUT2D eigenvalue weighted by Gasteiger charge is -2.09. The molecular weight excluding hydrogens is 236 g/mol. The van der Waals surface area contributed by atoms with Crippen molar-refractivity contribution in [2.75, 3.05) is 0 Å². The summed E-state index contributed by atoms with van der Waals surface area (Å²) in [5, 5.41) is 0. The normalized spacial score (nSPS) is 21.2. The Morgan fingerprint density at radius 1 is 1.00 bits per heavy atom. The molecule has 2 nitrogen and oxygen atoms in total. The summed E-state index contributed by atoms with van der Waals surface area (Å²) in [6.45, 7) is 6.24. The van der Waals surface area contributed by atoms with Gasteiger partial charge in [0.25, 0.3) is 0 Å². The van der Waals surface area contributed by atoms with Crippen LogP contribution in [0.15, 0.2) is 42.5 Å². The zero-order valence-corrected chi connectivity index (χ0v) is 11.5. The second-order valence-electron chi connectivity index (χ2n) is 5.20. The maximum Gasteiger partial charge on any atom is 0.130 e. The van der Waals surface area contributed by atoms with Gasteiger partial charge in [-0.15, -0.1) is 0 Å². The van der Waals surface area contributed by atoms with Crippen molar-refractivity contribution in [2.45, 2.75) is 33.0 Å². The van der Waals surface area contributed by atoms with Crippen molar-refractivity contribution in [1.82, 2.24) is 0 Å². The van der Waals surface area contributed by atoms with Gasteiger partial charge in [0.15, 0.2) is 0 Å². The molecule has 19 heavy (non-hydrogen) atoms. The van der Waals surface area contributed by atoms with E-state index in [1.165, 1.54) is 11.1 Å². The molecule has 1 fully saturated rings. The largest absolute Gasteiger partial charge is 0.457 e. The molecule has 0 bridgehead atoms. The van der Waals surface area contributed by atoms with Crippen LogP contribution in [0.3, 0.4) is 0 Å². The topological polar surface area (TPSA) is 21.8 Å². The Bertz CT molecular complexity index is 587. The fourth-order valence-corrected chi connectivity index (χ4v) is 2.30. The fourth-order valence-electron chi connectivity index (χ4n) is 2.30. The summed E-state index contributed by atoms with van der Waals surface area (Å²) in [7, 11) is 0. The molecule has 0 saturated carbocycles. The van der Waals surface area contributed by atoms with E-state index >= 15 is 0 Å². The molecule has 2 unspecified atom stereocenters. The Kier molecular flexibility index (Phi) is 3.03. The van der Waals surface area contributed by atoms with Crippen LogP contribution in [0.25, 0.3) is 0 Å². The van der Waals surface area contributed by atoms with Gasteiger partial charge in [-0.3, -0.25) is 0 Å². The van der Waals surface area contributed by atoms with Gasteiger partial charge in [0.2, 0.25) is 0 Å². The third-order valence-corrected chi connectivity index (χ3v) is 3.48. The first-order valence-electron chi connectivity index (χ1n) is 6.64. The lowest BCUT2D eigenvalue weighted by atomic mass is 10.1. The highest BCUT2D eigenvalue weighted by Gasteiger charge is 2.35. The van der Waals surface area contributed by atoms with Crippen LogP contribution < -0.4 is 4.74 Å². The van der Waals surface area contributed by atoms with Gasteiger partial charge in [-0.05, 0) is 50.1 Å². The first kappa shape index (κ1) is 12.2. The van der Waals surface area contributed by atoms with E-state index in [9.17, 15) is 0 Å². The van der Waals surface area contributed by atoms with E-state index in [1.807, 2.05) is 18.2 Å². The number of ether oxygens (including phenoxy) is 2. The van der Waals surface area contributed by atoms with Crippen LogP contribution in [0, 0.1) is 13.8 Å². The third-order valence-electron chi connectivity index (χ3n) is 3.48. The molecule has 0 amide bonds. The first-order chi connectivity index (χ1) is 9.13. The highest BCUT2D eigenvalue weighted by molar-refractivity contribution is 5.40. The Morgan fingerprint density at radius 2 is 1.68 bits per heavy atom. The zero-order chi connectivity index (χ0) is 13.4. The Morgan fingerprint density at radius 3 is 2.26 bits per heavy atom. The standard InChI is InChI=1S/C17H18O2/c1-11-4-9-16(12(2)10-11)19-15-7-5-14(6-8-15)17-13(3)18-17/h4-10,13,17H,1-3H3. The van der Waals surface area contributed by atoms with E-state index in [0.717, 1.165) is 17.1 Å². The van der Waals surface area contributed by atoms with E-state index in [4.69, 9.17) is 9.47 Å². The van der Waals surface area contributed by atoms with E-state index in [-0.39, 0.29) is 6.10 Å². The quantitative estimate of drug-likeness (QED) is 0.749. The number of aryl methyl sites for hydroxylation is 2. The van der Waals surface area contributed by atoms with Crippen molar-refractivity contribution < 1.29 is 9.47 Å². The van der Waals surface area contributed by atoms with Crippen LogP contribution in [-0.2, 0) is 4.74 Å². The number of hydrogen-bond donors (Lipinski definition) is 0. The minimum atomic E-state index is 0.273. The van der Waals surface area contributed by atoms with Crippen molar-refractivity contribution in [2.24, 2.45) is 0 Å². The molecule has 2 aromatic rings. The van der Waals surface area contributed by atoms with E-state index < -0.39 is 0 Å². The van der Waals surface area contributed by atoms with Gasteiger partial charge in [-0.1, -0.05) is 29.8 Å². The number of benzene rings is 2. The SMILES string of the molecule is Cc1ccc(Oc2ccc(C3OC3C)cc2)c(C)c1. The van der Waals surface area contributed by atoms with Gasteiger partial charge in [0.05, 0.1) is 6.10 Å². The molecule has 1 aliphatic rings. The van der Waals surface area contributed by atoms with E-state index in [1.54, 1.807) is 0 Å². The predicted octanol–water partition coefficient (Wildman–Crippen LogP) is 4.56. The first-order valence-corrected chi connectivity index (χ1v) is 6.64. The van der Waals surface area contributed by atoms with Gasteiger partial charge in [-0.2, -0.15) is 0 Å². The number of rotatable bonds is 3. The summed E-state index contributed by atoms with van der Waals surface area (Å²) < 4.78 is 11.4. The molecule has 98 valence electrons. The molecule has 0 spiro atoms. The van der Waals surface area contributed by atoms with Gasteiger partial charge >= 0.3 is 0 Å². The summed E-state index contributed by atoms with van der Waals surface area (Å²) in [5.41, 5.74) is 3.63. The maximum absolute atomic E-state index is 5.91. The van der Waals surface area contributed by atoms with E-state index in [2.05, 4.69) is 45.0 Å². The molecule has 2 aromatic carbocycles. The summed E-state index contributed by atoms with van der Waals surface area (Å²) in [6, 6.07) is 14.4. The summed E-state index contributed by atoms with van der Waals surface area (Å²) in [6.07, 6.45) is 0.626. The minimum Gasteiger partial charge on any atom is -0.457 e. The van der Waals surface area contributed by atoms with Crippen molar-refractivity contribution in [3.05, 3.63) is 59.2 Å². The van der Waals surface area contributed by atoms with Gasteiger partial charge in [0.1, 0.15) is 17.6 Å². The van der Waals surface area contributed by atoms with Crippen LogP contribution in [0.5, 0.6) is 11.5 Å². The lowest BCUT2D eigenvalue weighted by Crippen LogP contribution is -1.89. The maximum atomic E-state index is 5.91. The van der Waals surface area contributed by atoms with Crippen LogP contribution in [-0.4, -0.2) is 6.10 Å². The van der Waals surface area contributed by atoms with Crippen molar-refractivity contribution in [3.63, 3.8) is 0 Å². The molecule has 1 heterocycles. The van der Waals surface area contributed by atoms with Gasteiger partial charge in [0, 0.05) is 0 Å². The summed E-state index contributed by atoms with van der Waals surface area (Å²) in [4.78, 5) is 0. The molecule has 2 heteroatoms. The zero-order valence-electron chi connectivity index (χ0n) is 11.5. The summed E-state index contributed by atoms with van der Waals surface area (Å²) >= 11 is 0. The van der Waals surface area contributed by atoms with Gasteiger partial charge in [-0.25, -0.2) is 0 Å². The Labute approximate surface area is 114 Å². The van der Waals surface area contributed by atoms with Crippen LogP contribution in [0.1, 0.15) is 29.7 Å². The van der Waals surface area contributed by atoms with Gasteiger partial charge < -0.3 is 9.47 Å². The molecule has 0 aromatic heterocycles. The van der Waals surface area contributed by atoms with Crippen LogP contribution in [0.4, 0.5) is 0 Å². The predicted molar refractivity (Wildman–Crippen MR) is 75.7 cm³/mol. The van der Waals surface area contributed by atoms with E-state index in [0.29, 0.717) is 6.10 Å². The molecule has 3 rings (SSSR count). The van der Waals surface area contributed by atoms with Crippen LogP contribution >= 0.6 is 0 Å². The molecule has 0 aliphatic carbocycles. The minimum absolute atomic E-state index is 0.273. The third kappa shape index (κ3) is 2.64. The molecular formula is C17H18O2. The Balaban J connectivity index is 1.76. The molecule has 0 radical (unpaired) electrons.